The number of hydrogen-bond donors (Lipinski definition) is 5. The van der Waals surface area contributed by atoms with Gasteiger partial charge in [0.1, 0.15) is 18.2 Å². The Morgan fingerprint density at radius 3 is 2.63 bits per heavy atom. The molecular formula is C18H29N3O7S2. The summed E-state index contributed by atoms with van der Waals surface area (Å²) in [6, 6.07) is 0. The molecule has 0 aromatic heterocycles. The van der Waals surface area contributed by atoms with Gasteiger partial charge in [0.2, 0.25) is 12.3 Å². The summed E-state index contributed by atoms with van der Waals surface area (Å²) >= 11 is 0. The third kappa shape index (κ3) is 8.44. The van der Waals surface area contributed by atoms with Crippen LogP contribution in [0.4, 0.5) is 0 Å². The fraction of sp³-hybridized carbons (Fsp3) is 0.722. The van der Waals surface area contributed by atoms with Gasteiger partial charge in [-0.05, 0) is 18.9 Å². The van der Waals surface area contributed by atoms with Crippen molar-refractivity contribution in [1.29, 1.82) is 0 Å². The SMILES string of the molecule is O=C(O)CCCCCSSCCC(=O)NC1=NC(O)N(C2CC(O)C(CO)O2)C=C1. The second-order valence-electron chi connectivity index (χ2n) is 6.89. The van der Waals surface area contributed by atoms with Gasteiger partial charge in [-0.2, -0.15) is 0 Å². The number of carboxylic acids is 1. The number of aliphatic imine (C=N–C) groups is 1. The van der Waals surface area contributed by atoms with Crippen LogP contribution in [-0.2, 0) is 14.3 Å². The highest BCUT2D eigenvalue weighted by Gasteiger charge is 2.38. The standard InChI is InChI=1S/C18H29N3O7S2/c22-11-13-12(23)10-16(28-13)21-7-5-14(20-18(21)27)19-15(24)6-9-30-29-8-3-1-2-4-17(25)26/h5,7,12-13,16,18,22-23,27H,1-4,6,8-11H2,(H,25,26)(H,19,20,24). The van der Waals surface area contributed by atoms with Gasteiger partial charge in [-0.25, -0.2) is 4.99 Å². The number of unbranched alkanes of at least 4 members (excludes halogenated alkanes) is 2. The minimum Gasteiger partial charge on any atom is -0.481 e. The van der Waals surface area contributed by atoms with Gasteiger partial charge in [0.25, 0.3) is 0 Å². The number of aliphatic hydroxyl groups is 3. The van der Waals surface area contributed by atoms with Crippen LogP contribution in [0, 0.1) is 0 Å². The Hall–Kier alpha value is -1.31. The average molecular weight is 464 g/mol. The lowest BCUT2D eigenvalue weighted by molar-refractivity contribution is -0.137. The molecule has 2 aliphatic heterocycles. The predicted molar refractivity (Wildman–Crippen MR) is 115 cm³/mol. The van der Waals surface area contributed by atoms with Gasteiger partial charge in [-0.1, -0.05) is 28.0 Å². The predicted octanol–water partition coefficient (Wildman–Crippen LogP) is 0.491. The van der Waals surface area contributed by atoms with E-state index in [2.05, 4.69) is 10.3 Å². The maximum atomic E-state index is 12.0. The fourth-order valence-corrected chi connectivity index (χ4v) is 5.06. The van der Waals surface area contributed by atoms with E-state index < -0.39 is 30.8 Å². The summed E-state index contributed by atoms with van der Waals surface area (Å²) in [6.45, 7) is -0.309. The molecule has 5 N–H and O–H groups in total. The van der Waals surface area contributed by atoms with E-state index in [1.165, 1.54) is 4.90 Å². The van der Waals surface area contributed by atoms with Crippen LogP contribution in [-0.4, -0.2) is 85.9 Å². The van der Waals surface area contributed by atoms with E-state index in [0.29, 0.717) is 18.6 Å². The Kier molecular flexibility index (Phi) is 11.0. The molecule has 0 spiro atoms. The highest BCUT2D eigenvalue weighted by Crippen LogP contribution is 2.26. The molecule has 1 saturated heterocycles. The summed E-state index contributed by atoms with van der Waals surface area (Å²) in [7, 11) is 3.25. The summed E-state index contributed by atoms with van der Waals surface area (Å²) in [5.74, 6) is 0.826. The van der Waals surface area contributed by atoms with E-state index in [4.69, 9.17) is 14.9 Å². The monoisotopic (exact) mass is 463 g/mol. The number of amides is 1. The Bertz CT molecular complexity index is 635. The van der Waals surface area contributed by atoms with E-state index in [1.54, 1.807) is 33.9 Å². The molecular weight excluding hydrogens is 434 g/mol. The lowest BCUT2D eigenvalue weighted by atomic mass is 10.2. The number of ether oxygens (including phenoxy) is 1. The van der Waals surface area contributed by atoms with Crippen LogP contribution in [0.1, 0.15) is 38.5 Å². The van der Waals surface area contributed by atoms with Crippen LogP contribution in [0.3, 0.4) is 0 Å². The first-order valence-corrected chi connectivity index (χ1v) is 12.3. The quantitative estimate of drug-likeness (QED) is 0.204. The molecule has 1 amide bonds. The highest BCUT2D eigenvalue weighted by atomic mass is 33.1. The molecule has 4 unspecified atom stereocenters. The Balaban J connectivity index is 1.59. The molecule has 10 nitrogen and oxygen atoms in total. The molecule has 30 heavy (non-hydrogen) atoms. The van der Waals surface area contributed by atoms with Crippen LogP contribution in [0.25, 0.3) is 0 Å². The van der Waals surface area contributed by atoms with E-state index in [9.17, 15) is 19.8 Å². The van der Waals surface area contributed by atoms with Crippen molar-refractivity contribution in [2.24, 2.45) is 4.99 Å². The summed E-state index contributed by atoms with van der Waals surface area (Å²) in [4.78, 5) is 27.9. The van der Waals surface area contributed by atoms with Crippen LogP contribution < -0.4 is 5.32 Å². The number of hydrogen-bond acceptors (Lipinski definition) is 10. The van der Waals surface area contributed by atoms with E-state index in [-0.39, 0.29) is 31.2 Å². The van der Waals surface area contributed by atoms with E-state index >= 15 is 0 Å². The molecule has 2 aliphatic rings. The van der Waals surface area contributed by atoms with Gasteiger partial charge in [0.05, 0.1) is 12.7 Å². The maximum absolute atomic E-state index is 12.0. The topological polar surface area (TPSA) is 152 Å². The second kappa shape index (κ2) is 13.2. The first-order chi connectivity index (χ1) is 14.4. The number of nitrogens with zero attached hydrogens (tertiary/aromatic N) is 2. The first-order valence-electron chi connectivity index (χ1n) is 9.82. The molecule has 1 fully saturated rings. The molecule has 0 radical (unpaired) electrons. The van der Waals surface area contributed by atoms with Gasteiger partial charge in [0.15, 0.2) is 0 Å². The summed E-state index contributed by atoms with van der Waals surface area (Å²) in [6.07, 6.45) is 2.99. The second-order valence-corrected chi connectivity index (χ2v) is 9.59. The van der Waals surface area contributed by atoms with Gasteiger partial charge in [0, 0.05) is 37.0 Å². The van der Waals surface area contributed by atoms with Crippen molar-refractivity contribution in [3.8, 4) is 0 Å². The molecule has 2 heterocycles. The first kappa shape index (κ1) is 25.0. The molecule has 0 aromatic rings. The molecule has 0 saturated carbocycles. The number of nitrogens with one attached hydrogen (secondary N) is 1. The zero-order chi connectivity index (χ0) is 21.9. The van der Waals surface area contributed by atoms with Crippen LogP contribution in [0.5, 0.6) is 0 Å². The highest BCUT2D eigenvalue weighted by molar-refractivity contribution is 8.76. The molecule has 12 heteroatoms. The van der Waals surface area contributed by atoms with Crippen molar-refractivity contribution in [3.05, 3.63) is 12.3 Å². The number of amidine groups is 1. The lowest BCUT2D eigenvalue weighted by Crippen LogP contribution is -2.43. The van der Waals surface area contributed by atoms with E-state index in [1.807, 2.05) is 0 Å². The lowest BCUT2D eigenvalue weighted by Gasteiger charge is -2.31. The normalized spacial score (nSPS) is 26.0. The van der Waals surface area contributed by atoms with Crippen molar-refractivity contribution in [2.75, 3.05) is 18.1 Å². The summed E-state index contributed by atoms with van der Waals surface area (Å²) < 4.78 is 5.49. The van der Waals surface area contributed by atoms with Crippen molar-refractivity contribution < 1.29 is 34.8 Å². The average Bonchev–Trinajstić information content (AvgIpc) is 3.07. The van der Waals surface area contributed by atoms with Gasteiger partial charge < -0.3 is 35.4 Å². The van der Waals surface area contributed by atoms with Crippen molar-refractivity contribution in [3.63, 3.8) is 0 Å². The Morgan fingerprint density at radius 1 is 1.20 bits per heavy atom. The zero-order valence-corrected chi connectivity index (χ0v) is 18.2. The van der Waals surface area contributed by atoms with Crippen LogP contribution in [0.15, 0.2) is 17.3 Å². The number of aliphatic carboxylic acids is 1. The number of carbonyl (C=O) groups excluding carboxylic acids is 1. The van der Waals surface area contributed by atoms with Gasteiger partial charge >= 0.3 is 5.97 Å². The third-order valence-electron chi connectivity index (χ3n) is 4.52. The largest absolute Gasteiger partial charge is 0.481 e. The third-order valence-corrected chi connectivity index (χ3v) is 7.02. The van der Waals surface area contributed by atoms with Crippen molar-refractivity contribution >= 4 is 39.3 Å². The maximum Gasteiger partial charge on any atom is 0.303 e. The van der Waals surface area contributed by atoms with Crippen molar-refractivity contribution in [1.82, 2.24) is 10.2 Å². The number of rotatable bonds is 12. The zero-order valence-electron chi connectivity index (χ0n) is 16.6. The number of carboxylic acid groups (broad SMARTS) is 1. The molecule has 2 rings (SSSR count). The number of aliphatic hydroxyl groups excluding tert-OH is 3. The van der Waals surface area contributed by atoms with Gasteiger partial charge in [-0.3, -0.25) is 9.59 Å². The number of carbonyl (C=O) groups is 2. The van der Waals surface area contributed by atoms with Gasteiger partial charge in [-0.15, -0.1) is 0 Å². The van der Waals surface area contributed by atoms with Crippen LogP contribution in [0.2, 0.25) is 0 Å². The fourth-order valence-electron chi connectivity index (χ4n) is 2.92. The van der Waals surface area contributed by atoms with Crippen molar-refractivity contribution in [2.45, 2.75) is 63.3 Å². The molecule has 0 aromatic carbocycles. The summed E-state index contributed by atoms with van der Waals surface area (Å²) in [5, 5.41) is 40.4. The smallest absolute Gasteiger partial charge is 0.303 e. The molecule has 170 valence electrons. The minimum atomic E-state index is -1.26. The Morgan fingerprint density at radius 2 is 1.97 bits per heavy atom. The summed E-state index contributed by atoms with van der Waals surface area (Å²) in [5.41, 5.74) is 0. The molecule has 0 bridgehead atoms. The minimum absolute atomic E-state index is 0.207. The molecule has 0 aliphatic carbocycles. The molecule has 4 atom stereocenters. The van der Waals surface area contributed by atoms with Crippen LogP contribution >= 0.6 is 21.6 Å². The van der Waals surface area contributed by atoms with E-state index in [0.717, 1.165) is 18.6 Å². The Labute approximate surface area is 183 Å².